The number of nitrogens with one attached hydrogen (secondary N) is 1. The lowest BCUT2D eigenvalue weighted by Gasteiger charge is -2.07. The van der Waals surface area contributed by atoms with Gasteiger partial charge in [0.25, 0.3) is 0 Å². The zero-order valence-electron chi connectivity index (χ0n) is 11.0. The minimum Gasteiger partial charge on any atom is -0.372 e. The molecule has 19 heavy (non-hydrogen) atoms. The molecule has 0 radical (unpaired) electrons. The molecule has 0 saturated heterocycles. The topological polar surface area (TPSA) is 21.3 Å². The van der Waals surface area contributed by atoms with Crippen molar-refractivity contribution in [3.63, 3.8) is 0 Å². The third-order valence-corrected chi connectivity index (χ3v) is 3.29. The number of rotatable bonds is 6. The summed E-state index contributed by atoms with van der Waals surface area (Å²) in [6.07, 6.45) is 0. The fourth-order valence-electron chi connectivity index (χ4n) is 1.95. The summed E-state index contributed by atoms with van der Waals surface area (Å²) in [4.78, 5) is 0. The summed E-state index contributed by atoms with van der Waals surface area (Å²) >= 11 is 3.46. The van der Waals surface area contributed by atoms with Crippen molar-refractivity contribution in [2.75, 3.05) is 7.05 Å². The van der Waals surface area contributed by atoms with Gasteiger partial charge in [-0.1, -0.05) is 52.3 Å². The van der Waals surface area contributed by atoms with E-state index in [0.29, 0.717) is 13.2 Å². The molecule has 2 aromatic rings. The van der Waals surface area contributed by atoms with Gasteiger partial charge < -0.3 is 10.1 Å². The first kappa shape index (κ1) is 14.3. The summed E-state index contributed by atoms with van der Waals surface area (Å²) in [6, 6.07) is 16.7. The first-order valence-electron chi connectivity index (χ1n) is 6.32. The highest BCUT2D eigenvalue weighted by Gasteiger charge is 1.98. The van der Waals surface area contributed by atoms with Gasteiger partial charge in [0.1, 0.15) is 0 Å². The Hall–Kier alpha value is -1.16. The predicted octanol–water partition coefficient (Wildman–Crippen LogP) is 3.89. The second-order valence-corrected chi connectivity index (χ2v) is 5.39. The molecule has 0 bridgehead atoms. The van der Waals surface area contributed by atoms with E-state index in [1.807, 2.05) is 19.2 Å². The van der Waals surface area contributed by atoms with Crippen LogP contribution in [0.1, 0.15) is 16.7 Å². The molecule has 0 amide bonds. The van der Waals surface area contributed by atoms with E-state index >= 15 is 0 Å². The van der Waals surface area contributed by atoms with Gasteiger partial charge in [0.05, 0.1) is 13.2 Å². The maximum absolute atomic E-state index is 5.75. The molecule has 0 aromatic heterocycles. The van der Waals surface area contributed by atoms with E-state index in [2.05, 4.69) is 57.6 Å². The van der Waals surface area contributed by atoms with E-state index < -0.39 is 0 Å². The summed E-state index contributed by atoms with van der Waals surface area (Å²) in [7, 11) is 1.95. The Bertz CT molecular complexity index is 528. The van der Waals surface area contributed by atoms with Gasteiger partial charge in [-0.15, -0.1) is 0 Å². The minimum atomic E-state index is 0.635. The number of ether oxygens (including phenoxy) is 1. The lowest BCUT2D eigenvalue weighted by atomic mass is 10.1. The van der Waals surface area contributed by atoms with Crippen molar-refractivity contribution in [2.24, 2.45) is 0 Å². The lowest BCUT2D eigenvalue weighted by Crippen LogP contribution is -2.05. The summed E-state index contributed by atoms with van der Waals surface area (Å²) in [6.45, 7) is 2.17. The fourth-order valence-corrected chi connectivity index (χ4v) is 2.39. The van der Waals surface area contributed by atoms with E-state index in [9.17, 15) is 0 Å². The normalized spacial score (nSPS) is 10.6. The summed E-state index contributed by atoms with van der Waals surface area (Å²) in [5.74, 6) is 0. The van der Waals surface area contributed by atoms with Gasteiger partial charge in [-0.3, -0.25) is 0 Å². The van der Waals surface area contributed by atoms with Gasteiger partial charge in [-0.25, -0.2) is 0 Å². The van der Waals surface area contributed by atoms with Crippen LogP contribution in [0.3, 0.4) is 0 Å². The van der Waals surface area contributed by atoms with Crippen molar-refractivity contribution < 1.29 is 4.74 Å². The van der Waals surface area contributed by atoms with E-state index in [1.54, 1.807) is 0 Å². The third-order valence-electron chi connectivity index (χ3n) is 2.80. The molecular formula is C16H18BrNO. The summed E-state index contributed by atoms with van der Waals surface area (Å²) in [5, 5.41) is 3.15. The number of hydrogen-bond acceptors (Lipinski definition) is 2. The molecule has 1 N–H and O–H groups in total. The van der Waals surface area contributed by atoms with E-state index in [4.69, 9.17) is 4.74 Å². The van der Waals surface area contributed by atoms with Crippen molar-refractivity contribution in [3.8, 4) is 0 Å². The molecule has 0 spiro atoms. The van der Waals surface area contributed by atoms with Crippen LogP contribution in [-0.4, -0.2) is 7.05 Å². The molecule has 0 aliphatic rings. The molecule has 3 heteroatoms. The molecule has 2 aromatic carbocycles. The van der Waals surface area contributed by atoms with Gasteiger partial charge >= 0.3 is 0 Å². The fraction of sp³-hybridized carbons (Fsp3) is 0.250. The van der Waals surface area contributed by atoms with Gasteiger partial charge in [0, 0.05) is 11.0 Å². The van der Waals surface area contributed by atoms with Crippen molar-refractivity contribution in [3.05, 3.63) is 69.7 Å². The van der Waals surface area contributed by atoms with Crippen LogP contribution in [0.4, 0.5) is 0 Å². The Morgan fingerprint density at radius 3 is 2.26 bits per heavy atom. The first-order valence-corrected chi connectivity index (χ1v) is 7.12. The molecule has 0 aliphatic heterocycles. The maximum Gasteiger partial charge on any atom is 0.0721 e. The van der Waals surface area contributed by atoms with Gasteiger partial charge in [-0.2, -0.15) is 0 Å². The molecule has 0 fully saturated rings. The van der Waals surface area contributed by atoms with E-state index in [1.165, 1.54) is 16.7 Å². The van der Waals surface area contributed by atoms with Crippen LogP contribution in [0, 0.1) is 0 Å². The highest BCUT2D eigenvalue weighted by molar-refractivity contribution is 9.10. The van der Waals surface area contributed by atoms with Crippen LogP contribution in [0.15, 0.2) is 53.0 Å². The lowest BCUT2D eigenvalue weighted by molar-refractivity contribution is 0.107. The predicted molar refractivity (Wildman–Crippen MR) is 81.8 cm³/mol. The molecule has 100 valence electrons. The smallest absolute Gasteiger partial charge is 0.0721 e. The number of halogens is 1. The van der Waals surface area contributed by atoms with Crippen molar-refractivity contribution in [1.82, 2.24) is 5.32 Å². The Balaban J connectivity index is 1.87. The van der Waals surface area contributed by atoms with Crippen LogP contribution in [-0.2, 0) is 24.5 Å². The Morgan fingerprint density at radius 1 is 0.947 bits per heavy atom. The molecular weight excluding hydrogens is 302 g/mol. The molecule has 0 atom stereocenters. The summed E-state index contributed by atoms with van der Waals surface area (Å²) < 4.78 is 6.84. The number of benzene rings is 2. The van der Waals surface area contributed by atoms with Crippen LogP contribution >= 0.6 is 15.9 Å². The van der Waals surface area contributed by atoms with Crippen molar-refractivity contribution in [2.45, 2.75) is 19.8 Å². The molecule has 2 nitrogen and oxygen atoms in total. The van der Waals surface area contributed by atoms with Crippen LogP contribution in [0.5, 0.6) is 0 Å². The second-order valence-electron chi connectivity index (χ2n) is 4.47. The Morgan fingerprint density at radius 2 is 1.58 bits per heavy atom. The molecule has 0 saturated carbocycles. The zero-order chi connectivity index (χ0) is 13.5. The molecule has 2 rings (SSSR count). The number of hydrogen-bond donors (Lipinski definition) is 1. The van der Waals surface area contributed by atoms with Crippen LogP contribution < -0.4 is 5.32 Å². The second kappa shape index (κ2) is 7.43. The van der Waals surface area contributed by atoms with Gasteiger partial charge in [0.15, 0.2) is 0 Å². The largest absolute Gasteiger partial charge is 0.372 e. The third kappa shape index (κ3) is 4.78. The average molecular weight is 320 g/mol. The average Bonchev–Trinajstić information content (AvgIpc) is 2.40. The van der Waals surface area contributed by atoms with E-state index in [-0.39, 0.29) is 0 Å². The minimum absolute atomic E-state index is 0.635. The molecule has 0 unspecified atom stereocenters. The highest BCUT2D eigenvalue weighted by atomic mass is 79.9. The van der Waals surface area contributed by atoms with E-state index in [0.717, 1.165) is 11.0 Å². The van der Waals surface area contributed by atoms with Crippen molar-refractivity contribution >= 4 is 15.9 Å². The quantitative estimate of drug-likeness (QED) is 0.872. The van der Waals surface area contributed by atoms with Crippen molar-refractivity contribution in [1.29, 1.82) is 0 Å². The maximum atomic E-state index is 5.75. The monoisotopic (exact) mass is 319 g/mol. The summed E-state index contributed by atoms with van der Waals surface area (Å²) in [5.41, 5.74) is 3.68. The Kier molecular flexibility index (Phi) is 5.58. The zero-order valence-corrected chi connectivity index (χ0v) is 12.6. The standard InChI is InChI=1S/C16H18BrNO/c1-18-10-13-4-2-5-14(8-13)11-19-12-15-6-3-7-16(17)9-15/h2-9,18H,10-12H2,1H3. The SMILES string of the molecule is CNCc1cccc(COCc2cccc(Br)c2)c1. The highest BCUT2D eigenvalue weighted by Crippen LogP contribution is 2.13. The molecule has 0 heterocycles. The van der Waals surface area contributed by atoms with Crippen LogP contribution in [0.2, 0.25) is 0 Å². The Labute approximate surface area is 122 Å². The van der Waals surface area contributed by atoms with Gasteiger partial charge in [-0.05, 0) is 35.9 Å². The molecule has 0 aliphatic carbocycles. The first-order chi connectivity index (χ1) is 9.28. The van der Waals surface area contributed by atoms with Gasteiger partial charge in [0.2, 0.25) is 0 Å². The van der Waals surface area contributed by atoms with Crippen LogP contribution in [0.25, 0.3) is 0 Å².